The summed E-state index contributed by atoms with van der Waals surface area (Å²) in [6.07, 6.45) is -1.05. The molecule has 2 atom stereocenters. The van der Waals surface area contributed by atoms with Crippen molar-refractivity contribution in [2.45, 2.75) is 12.0 Å². The van der Waals surface area contributed by atoms with Crippen LogP contribution in [0.2, 0.25) is 0 Å². The van der Waals surface area contributed by atoms with Crippen LogP contribution in [0.15, 0.2) is 36.4 Å². The summed E-state index contributed by atoms with van der Waals surface area (Å²) in [5.74, 6) is 0.473. The molecule has 0 spiro atoms. The molecule has 0 unspecified atom stereocenters. The number of ether oxygens (including phenoxy) is 3. The van der Waals surface area contributed by atoms with Crippen molar-refractivity contribution in [1.29, 1.82) is 0 Å². The molecule has 0 aliphatic heterocycles. The topological polar surface area (TPSA) is 88.4 Å². The van der Waals surface area contributed by atoms with E-state index in [-0.39, 0.29) is 18.1 Å². The van der Waals surface area contributed by atoms with Gasteiger partial charge < -0.3 is 29.5 Å². The highest BCUT2D eigenvalue weighted by Crippen LogP contribution is 2.41. The van der Waals surface area contributed by atoms with E-state index in [4.69, 9.17) is 14.2 Å². The van der Waals surface area contributed by atoms with Crippen LogP contribution in [0.5, 0.6) is 23.0 Å². The predicted molar refractivity (Wildman–Crippen MR) is 89.0 cm³/mol. The molecule has 2 aromatic rings. The van der Waals surface area contributed by atoms with Crippen LogP contribution in [0.3, 0.4) is 0 Å². The van der Waals surface area contributed by atoms with Gasteiger partial charge in [-0.25, -0.2) is 0 Å². The van der Waals surface area contributed by atoms with E-state index in [0.717, 1.165) is 0 Å². The zero-order valence-corrected chi connectivity index (χ0v) is 13.9. The SMILES string of the molecule is COc1ccc([C@H](O)[C@H](CO)c2cccc(OC)c2O)cc1OC. The molecular weight excluding hydrogens is 312 g/mol. The van der Waals surface area contributed by atoms with Crippen molar-refractivity contribution in [3.05, 3.63) is 47.5 Å². The number of phenolic OH excluding ortho intramolecular Hbond substituents is 1. The Bertz CT molecular complexity index is 685. The summed E-state index contributed by atoms with van der Waals surface area (Å²) in [5, 5.41) is 30.7. The van der Waals surface area contributed by atoms with Crippen molar-refractivity contribution in [2.75, 3.05) is 27.9 Å². The minimum atomic E-state index is -1.05. The molecule has 0 aliphatic rings. The number of aliphatic hydroxyl groups is 2. The van der Waals surface area contributed by atoms with Gasteiger partial charge in [0, 0.05) is 11.5 Å². The average molecular weight is 334 g/mol. The second-order valence-electron chi connectivity index (χ2n) is 5.25. The molecule has 0 radical (unpaired) electrons. The summed E-state index contributed by atoms with van der Waals surface area (Å²) in [4.78, 5) is 0. The summed E-state index contributed by atoms with van der Waals surface area (Å²) in [6, 6.07) is 9.95. The summed E-state index contributed by atoms with van der Waals surface area (Å²) in [7, 11) is 4.47. The normalized spacial score (nSPS) is 13.2. The van der Waals surface area contributed by atoms with Crippen molar-refractivity contribution in [1.82, 2.24) is 0 Å². The minimum Gasteiger partial charge on any atom is -0.504 e. The number of hydrogen-bond donors (Lipinski definition) is 3. The quantitative estimate of drug-likeness (QED) is 0.720. The third kappa shape index (κ3) is 3.39. The van der Waals surface area contributed by atoms with Crippen LogP contribution in [-0.4, -0.2) is 43.3 Å². The molecule has 0 saturated carbocycles. The minimum absolute atomic E-state index is 0.0985. The fourth-order valence-electron chi connectivity index (χ4n) is 2.64. The first kappa shape index (κ1) is 17.9. The van der Waals surface area contributed by atoms with Crippen LogP contribution in [0.4, 0.5) is 0 Å². The molecule has 0 heterocycles. The van der Waals surface area contributed by atoms with Gasteiger partial charge in [-0.3, -0.25) is 0 Å². The van der Waals surface area contributed by atoms with Crippen molar-refractivity contribution in [3.63, 3.8) is 0 Å². The molecule has 6 nitrogen and oxygen atoms in total. The molecule has 24 heavy (non-hydrogen) atoms. The molecule has 130 valence electrons. The van der Waals surface area contributed by atoms with E-state index < -0.39 is 12.0 Å². The molecular formula is C18H22O6. The van der Waals surface area contributed by atoms with Gasteiger partial charge in [-0.2, -0.15) is 0 Å². The van der Waals surface area contributed by atoms with Gasteiger partial charge >= 0.3 is 0 Å². The van der Waals surface area contributed by atoms with Crippen LogP contribution in [0.1, 0.15) is 23.1 Å². The van der Waals surface area contributed by atoms with E-state index >= 15 is 0 Å². The number of methoxy groups -OCH3 is 3. The van der Waals surface area contributed by atoms with Crippen LogP contribution in [0, 0.1) is 0 Å². The Balaban J connectivity index is 2.41. The Morgan fingerprint density at radius 2 is 1.58 bits per heavy atom. The summed E-state index contributed by atoms with van der Waals surface area (Å²) >= 11 is 0. The highest BCUT2D eigenvalue weighted by atomic mass is 16.5. The maximum atomic E-state index is 10.7. The number of aliphatic hydroxyl groups excluding tert-OH is 2. The van der Waals surface area contributed by atoms with Gasteiger partial charge in [0.2, 0.25) is 0 Å². The van der Waals surface area contributed by atoms with Crippen molar-refractivity contribution in [2.24, 2.45) is 0 Å². The van der Waals surface area contributed by atoms with Crippen LogP contribution >= 0.6 is 0 Å². The number of benzene rings is 2. The Morgan fingerprint density at radius 1 is 0.917 bits per heavy atom. The van der Waals surface area contributed by atoms with Crippen LogP contribution in [-0.2, 0) is 0 Å². The van der Waals surface area contributed by atoms with Gasteiger partial charge in [0.25, 0.3) is 0 Å². The summed E-state index contributed by atoms with van der Waals surface area (Å²) in [6.45, 7) is -0.351. The van der Waals surface area contributed by atoms with Crippen LogP contribution in [0.25, 0.3) is 0 Å². The van der Waals surface area contributed by atoms with Crippen molar-refractivity contribution in [3.8, 4) is 23.0 Å². The lowest BCUT2D eigenvalue weighted by Gasteiger charge is -2.24. The van der Waals surface area contributed by atoms with Gasteiger partial charge in [0.05, 0.1) is 34.0 Å². The Morgan fingerprint density at radius 3 is 2.17 bits per heavy atom. The fourth-order valence-corrected chi connectivity index (χ4v) is 2.64. The number of rotatable bonds is 7. The molecule has 0 aliphatic carbocycles. The maximum Gasteiger partial charge on any atom is 0.161 e. The van der Waals surface area contributed by atoms with E-state index in [1.165, 1.54) is 21.3 Å². The van der Waals surface area contributed by atoms with E-state index in [0.29, 0.717) is 22.6 Å². The standard InChI is InChI=1S/C18H22O6/c1-22-14-8-7-11(9-16(14)24-3)17(20)13(10-19)12-5-4-6-15(23-2)18(12)21/h4-9,13,17,19-21H,10H2,1-3H3/t13-,17+/m1/s1. The molecule has 2 aromatic carbocycles. The van der Waals surface area contributed by atoms with E-state index in [1.807, 2.05) is 0 Å². The van der Waals surface area contributed by atoms with E-state index in [2.05, 4.69) is 0 Å². The lowest BCUT2D eigenvalue weighted by atomic mass is 9.89. The molecule has 3 N–H and O–H groups in total. The zero-order valence-electron chi connectivity index (χ0n) is 13.9. The van der Waals surface area contributed by atoms with Crippen molar-refractivity contribution < 1.29 is 29.5 Å². The Kier molecular flexibility index (Phi) is 5.89. The lowest BCUT2D eigenvalue weighted by molar-refractivity contribution is 0.105. The first-order valence-corrected chi connectivity index (χ1v) is 7.44. The van der Waals surface area contributed by atoms with Gasteiger partial charge in [0.15, 0.2) is 23.0 Å². The highest BCUT2D eigenvalue weighted by molar-refractivity contribution is 5.49. The largest absolute Gasteiger partial charge is 0.504 e. The van der Waals surface area contributed by atoms with Crippen molar-refractivity contribution >= 4 is 0 Å². The first-order valence-electron chi connectivity index (χ1n) is 7.44. The van der Waals surface area contributed by atoms with E-state index in [9.17, 15) is 15.3 Å². The lowest BCUT2D eigenvalue weighted by Crippen LogP contribution is -2.15. The summed E-state index contributed by atoms with van der Waals surface area (Å²) < 4.78 is 15.5. The molecule has 6 heteroatoms. The number of aromatic hydroxyl groups is 1. The predicted octanol–water partition coefficient (Wildman–Crippen LogP) is 2.23. The zero-order chi connectivity index (χ0) is 17.7. The molecule has 2 rings (SSSR count). The molecule has 0 saturated heterocycles. The van der Waals surface area contributed by atoms with E-state index in [1.54, 1.807) is 36.4 Å². The summed E-state index contributed by atoms with van der Waals surface area (Å²) in [5.41, 5.74) is 0.938. The first-order chi connectivity index (χ1) is 11.6. The second-order valence-corrected chi connectivity index (χ2v) is 5.25. The number of hydrogen-bond acceptors (Lipinski definition) is 6. The third-order valence-electron chi connectivity index (χ3n) is 3.98. The molecule has 0 bridgehead atoms. The second kappa shape index (κ2) is 7.90. The molecule has 0 amide bonds. The fraction of sp³-hybridized carbons (Fsp3) is 0.333. The number of para-hydroxylation sites is 1. The van der Waals surface area contributed by atoms with Gasteiger partial charge in [-0.05, 0) is 23.8 Å². The third-order valence-corrected chi connectivity index (χ3v) is 3.98. The van der Waals surface area contributed by atoms with Gasteiger partial charge in [-0.1, -0.05) is 18.2 Å². The van der Waals surface area contributed by atoms with Crippen LogP contribution < -0.4 is 14.2 Å². The number of phenols is 1. The monoisotopic (exact) mass is 334 g/mol. The van der Waals surface area contributed by atoms with Gasteiger partial charge in [-0.15, -0.1) is 0 Å². The molecule has 0 fully saturated rings. The average Bonchev–Trinajstić information content (AvgIpc) is 2.62. The Hall–Kier alpha value is -2.44. The maximum absolute atomic E-state index is 10.7. The Labute approximate surface area is 140 Å². The highest BCUT2D eigenvalue weighted by Gasteiger charge is 2.26. The van der Waals surface area contributed by atoms with Gasteiger partial charge in [0.1, 0.15) is 0 Å². The smallest absolute Gasteiger partial charge is 0.161 e. The molecule has 0 aromatic heterocycles.